The Hall–Kier alpha value is -2.90. The summed E-state index contributed by atoms with van der Waals surface area (Å²) in [6.45, 7) is 1.87. The third-order valence-electron chi connectivity index (χ3n) is 6.07. The summed E-state index contributed by atoms with van der Waals surface area (Å²) in [5.41, 5.74) is -0.695. The zero-order chi connectivity index (χ0) is 21.5. The molecule has 3 heterocycles. The number of alkyl halides is 3. The van der Waals surface area contributed by atoms with Crippen LogP contribution in [0, 0.1) is 0 Å². The number of hydrogen-bond donors (Lipinski definition) is 1. The molecule has 1 aromatic carbocycles. The Bertz CT molecular complexity index is 964. The monoisotopic (exact) mass is 417 g/mol. The van der Waals surface area contributed by atoms with E-state index in [1.165, 1.54) is 12.3 Å². The summed E-state index contributed by atoms with van der Waals surface area (Å²) in [4.78, 5) is 31.3. The van der Waals surface area contributed by atoms with Gasteiger partial charge in [0.05, 0.1) is 28.7 Å². The smallest absolute Gasteiger partial charge is 0.349 e. The largest absolute Gasteiger partial charge is 0.416 e. The Kier molecular flexibility index (Phi) is 5.03. The molecule has 0 unspecified atom stereocenters. The summed E-state index contributed by atoms with van der Waals surface area (Å²) < 4.78 is 39.9. The molecule has 1 N–H and O–H groups in total. The maximum atomic E-state index is 13.5. The molecule has 2 aliphatic heterocycles. The molecule has 2 aromatic rings. The van der Waals surface area contributed by atoms with E-state index in [2.05, 4.69) is 10.3 Å². The van der Waals surface area contributed by atoms with Crippen LogP contribution in [0.15, 0.2) is 48.8 Å². The van der Waals surface area contributed by atoms with Crippen LogP contribution in [0.25, 0.3) is 0 Å². The second kappa shape index (κ2) is 7.41. The van der Waals surface area contributed by atoms with Gasteiger partial charge in [-0.15, -0.1) is 0 Å². The highest BCUT2D eigenvalue weighted by Gasteiger charge is 2.53. The molecule has 30 heavy (non-hydrogen) atoms. The lowest BCUT2D eigenvalue weighted by molar-refractivity contribution is -0.137. The SMILES string of the molecule is C[C@]12C[C@@H](c3cccc(C(F)(F)F)c3)N(C(=O)c3cccnc3)[C@H]1CCCC(=O)N2. The summed E-state index contributed by atoms with van der Waals surface area (Å²) in [5.74, 6) is -0.395. The van der Waals surface area contributed by atoms with Gasteiger partial charge >= 0.3 is 6.18 Å². The highest BCUT2D eigenvalue weighted by molar-refractivity contribution is 5.95. The standard InChI is InChI=1S/C22H22F3N3O2/c1-21-12-17(14-5-2-7-16(11-14)22(23,24)25)28(18(21)8-3-9-19(29)27-21)20(30)15-6-4-10-26-13-15/h2,4-7,10-11,13,17-18H,3,8-9,12H2,1H3,(H,27,29)/t17-,18-,21-/m0/s1. The van der Waals surface area contributed by atoms with Crippen LogP contribution in [-0.2, 0) is 11.0 Å². The molecule has 8 heteroatoms. The van der Waals surface area contributed by atoms with Gasteiger partial charge < -0.3 is 10.2 Å². The number of hydrogen-bond acceptors (Lipinski definition) is 3. The van der Waals surface area contributed by atoms with E-state index in [1.807, 2.05) is 6.92 Å². The van der Waals surface area contributed by atoms with Crippen molar-refractivity contribution in [1.82, 2.24) is 15.2 Å². The average Bonchev–Trinajstić information content (AvgIpc) is 2.90. The molecule has 0 bridgehead atoms. The first kappa shape index (κ1) is 20.4. The number of carbonyl (C=O) groups excluding carboxylic acids is 2. The maximum Gasteiger partial charge on any atom is 0.416 e. The molecule has 2 aliphatic rings. The number of amides is 2. The Labute approximate surface area is 172 Å². The Balaban J connectivity index is 1.79. The molecule has 4 rings (SSSR count). The Morgan fingerprint density at radius 3 is 2.77 bits per heavy atom. The summed E-state index contributed by atoms with van der Waals surface area (Å²) >= 11 is 0. The summed E-state index contributed by atoms with van der Waals surface area (Å²) in [6, 6.07) is 7.47. The van der Waals surface area contributed by atoms with E-state index in [0.717, 1.165) is 12.1 Å². The van der Waals surface area contributed by atoms with Crippen LogP contribution >= 0.6 is 0 Å². The maximum absolute atomic E-state index is 13.5. The van der Waals surface area contributed by atoms with E-state index in [4.69, 9.17) is 0 Å². The van der Waals surface area contributed by atoms with Crippen molar-refractivity contribution in [3.8, 4) is 0 Å². The fourth-order valence-corrected chi connectivity index (χ4v) is 4.71. The minimum Gasteiger partial charge on any atom is -0.349 e. The van der Waals surface area contributed by atoms with Crippen LogP contribution in [0.2, 0.25) is 0 Å². The number of benzene rings is 1. The fraction of sp³-hybridized carbons (Fsp3) is 0.409. The number of aromatic nitrogens is 1. The third kappa shape index (κ3) is 3.66. The first-order valence-electron chi connectivity index (χ1n) is 9.90. The number of carbonyl (C=O) groups is 2. The van der Waals surface area contributed by atoms with Crippen molar-refractivity contribution in [2.75, 3.05) is 0 Å². The molecule has 158 valence electrons. The molecule has 5 nitrogen and oxygen atoms in total. The number of likely N-dealkylation sites (tertiary alicyclic amines) is 1. The van der Waals surface area contributed by atoms with E-state index >= 15 is 0 Å². The summed E-state index contributed by atoms with van der Waals surface area (Å²) in [6.07, 6.45) is 0.452. The lowest BCUT2D eigenvalue weighted by Crippen LogP contribution is -2.54. The van der Waals surface area contributed by atoms with Crippen molar-refractivity contribution in [1.29, 1.82) is 0 Å². The zero-order valence-corrected chi connectivity index (χ0v) is 16.4. The number of halogens is 3. The topological polar surface area (TPSA) is 62.3 Å². The van der Waals surface area contributed by atoms with E-state index in [0.29, 0.717) is 36.8 Å². The van der Waals surface area contributed by atoms with Gasteiger partial charge in [-0.05, 0) is 56.0 Å². The van der Waals surface area contributed by atoms with E-state index in [9.17, 15) is 22.8 Å². The first-order chi connectivity index (χ1) is 14.2. The van der Waals surface area contributed by atoms with Crippen LogP contribution in [0.3, 0.4) is 0 Å². The van der Waals surface area contributed by atoms with Gasteiger partial charge in [0, 0.05) is 18.8 Å². The molecule has 1 aromatic heterocycles. The predicted octanol–water partition coefficient (Wildman–Crippen LogP) is 4.12. The molecule has 0 radical (unpaired) electrons. The number of nitrogens with one attached hydrogen (secondary N) is 1. The van der Waals surface area contributed by atoms with Crippen molar-refractivity contribution in [2.24, 2.45) is 0 Å². The minimum absolute atomic E-state index is 0.0986. The van der Waals surface area contributed by atoms with Crippen LogP contribution in [0.1, 0.15) is 60.1 Å². The van der Waals surface area contributed by atoms with Gasteiger partial charge in [0.1, 0.15) is 0 Å². The Morgan fingerprint density at radius 2 is 2.07 bits per heavy atom. The molecular weight excluding hydrogens is 395 g/mol. The first-order valence-corrected chi connectivity index (χ1v) is 9.90. The van der Waals surface area contributed by atoms with Gasteiger partial charge in [-0.25, -0.2) is 0 Å². The molecule has 0 saturated carbocycles. The van der Waals surface area contributed by atoms with Crippen molar-refractivity contribution in [3.05, 3.63) is 65.5 Å². The molecule has 2 amide bonds. The number of nitrogens with zero attached hydrogens (tertiary/aromatic N) is 2. The van der Waals surface area contributed by atoms with Gasteiger partial charge in [-0.3, -0.25) is 14.6 Å². The normalized spacial score (nSPS) is 26.7. The van der Waals surface area contributed by atoms with Crippen LogP contribution in [0.4, 0.5) is 13.2 Å². The van der Waals surface area contributed by atoms with E-state index < -0.39 is 23.3 Å². The molecule has 0 spiro atoms. The van der Waals surface area contributed by atoms with Gasteiger partial charge in [0.15, 0.2) is 0 Å². The minimum atomic E-state index is -4.48. The molecule has 0 aliphatic carbocycles. The zero-order valence-electron chi connectivity index (χ0n) is 16.4. The van der Waals surface area contributed by atoms with Crippen LogP contribution in [-0.4, -0.2) is 33.3 Å². The highest BCUT2D eigenvalue weighted by atomic mass is 19.4. The van der Waals surface area contributed by atoms with Crippen LogP contribution in [0.5, 0.6) is 0 Å². The van der Waals surface area contributed by atoms with Crippen molar-refractivity contribution in [3.63, 3.8) is 0 Å². The average molecular weight is 417 g/mol. The second-order valence-electron chi connectivity index (χ2n) is 8.17. The quantitative estimate of drug-likeness (QED) is 0.800. The van der Waals surface area contributed by atoms with Crippen LogP contribution < -0.4 is 5.32 Å². The molecular formula is C22H22F3N3O2. The van der Waals surface area contributed by atoms with Crippen molar-refractivity contribution < 1.29 is 22.8 Å². The third-order valence-corrected chi connectivity index (χ3v) is 6.07. The predicted molar refractivity (Wildman–Crippen MR) is 103 cm³/mol. The highest BCUT2D eigenvalue weighted by Crippen LogP contribution is 2.46. The Morgan fingerprint density at radius 1 is 1.27 bits per heavy atom. The van der Waals surface area contributed by atoms with Gasteiger partial charge in [-0.2, -0.15) is 13.2 Å². The van der Waals surface area contributed by atoms with Crippen molar-refractivity contribution >= 4 is 11.8 Å². The molecule has 2 fully saturated rings. The lowest BCUT2D eigenvalue weighted by atomic mass is 9.88. The number of fused-ring (bicyclic) bond motifs is 1. The second-order valence-corrected chi connectivity index (χ2v) is 8.17. The number of rotatable bonds is 2. The number of pyridine rings is 1. The summed E-state index contributed by atoms with van der Waals surface area (Å²) in [5, 5.41) is 3.03. The lowest BCUT2D eigenvalue weighted by Gasteiger charge is -2.35. The van der Waals surface area contributed by atoms with Gasteiger partial charge in [-0.1, -0.05) is 12.1 Å². The summed E-state index contributed by atoms with van der Waals surface area (Å²) in [7, 11) is 0. The fourth-order valence-electron chi connectivity index (χ4n) is 4.71. The molecule has 3 atom stereocenters. The molecule has 2 saturated heterocycles. The van der Waals surface area contributed by atoms with E-state index in [1.54, 1.807) is 29.3 Å². The van der Waals surface area contributed by atoms with Gasteiger partial charge in [0.2, 0.25) is 5.91 Å². The van der Waals surface area contributed by atoms with Gasteiger partial charge in [0.25, 0.3) is 5.91 Å². The van der Waals surface area contributed by atoms with E-state index in [-0.39, 0.29) is 17.9 Å². The van der Waals surface area contributed by atoms with Crippen molar-refractivity contribution in [2.45, 2.75) is 56.4 Å².